The van der Waals surface area contributed by atoms with Crippen molar-refractivity contribution in [2.75, 3.05) is 25.2 Å². The summed E-state index contributed by atoms with van der Waals surface area (Å²) in [6.45, 7) is 1.13. The van der Waals surface area contributed by atoms with E-state index in [2.05, 4.69) is 16.0 Å². The molecule has 1 aromatic heterocycles. The van der Waals surface area contributed by atoms with Crippen LogP contribution in [0.5, 0.6) is 6.01 Å². The second-order valence-electron chi connectivity index (χ2n) is 5.31. The van der Waals surface area contributed by atoms with Crippen molar-refractivity contribution >= 4 is 11.7 Å². The topological polar surface area (TPSA) is 88.3 Å². The highest BCUT2D eigenvalue weighted by Gasteiger charge is 2.30. The summed E-state index contributed by atoms with van der Waals surface area (Å²) in [4.78, 5) is 22.3. The zero-order valence-electron chi connectivity index (χ0n) is 13.2. The standard InChI is InChI=1S/C17H16N4O3/c1-23-5-6-24-17-19-10-14-8-15(22)21(16(14)20-17)11-13-4-2-3-12(7-13)9-18/h2-4,7,10H,5-6,8,11H2,1H3. The first-order valence-electron chi connectivity index (χ1n) is 7.48. The number of carbonyl (C=O) groups is 1. The molecule has 7 heteroatoms. The van der Waals surface area contributed by atoms with Crippen LogP contribution in [0.1, 0.15) is 16.7 Å². The summed E-state index contributed by atoms with van der Waals surface area (Å²) < 4.78 is 10.3. The van der Waals surface area contributed by atoms with Gasteiger partial charge in [-0.1, -0.05) is 12.1 Å². The number of ether oxygens (including phenoxy) is 2. The van der Waals surface area contributed by atoms with Gasteiger partial charge in [0.2, 0.25) is 5.91 Å². The average Bonchev–Trinajstić information content (AvgIpc) is 2.91. The fourth-order valence-corrected chi connectivity index (χ4v) is 2.49. The average molecular weight is 324 g/mol. The Labute approximate surface area is 139 Å². The van der Waals surface area contributed by atoms with E-state index in [9.17, 15) is 4.79 Å². The molecule has 2 aromatic rings. The Kier molecular flexibility index (Phi) is 4.68. The van der Waals surface area contributed by atoms with E-state index in [0.717, 1.165) is 11.1 Å². The molecule has 0 N–H and O–H groups in total. The number of hydrogen-bond acceptors (Lipinski definition) is 6. The summed E-state index contributed by atoms with van der Waals surface area (Å²) in [5, 5.41) is 8.99. The van der Waals surface area contributed by atoms with Crippen molar-refractivity contribution < 1.29 is 14.3 Å². The molecule has 2 heterocycles. The van der Waals surface area contributed by atoms with E-state index in [1.54, 1.807) is 36.4 Å². The summed E-state index contributed by atoms with van der Waals surface area (Å²) >= 11 is 0. The first kappa shape index (κ1) is 15.9. The summed E-state index contributed by atoms with van der Waals surface area (Å²) in [7, 11) is 1.59. The first-order valence-corrected chi connectivity index (χ1v) is 7.48. The number of nitrogens with zero attached hydrogens (tertiary/aromatic N) is 4. The number of hydrogen-bond donors (Lipinski definition) is 0. The number of aromatic nitrogens is 2. The maximum absolute atomic E-state index is 12.3. The van der Waals surface area contributed by atoms with Gasteiger partial charge in [0, 0.05) is 18.9 Å². The molecule has 0 saturated heterocycles. The molecule has 1 aromatic carbocycles. The van der Waals surface area contributed by atoms with E-state index in [-0.39, 0.29) is 18.3 Å². The van der Waals surface area contributed by atoms with Gasteiger partial charge >= 0.3 is 6.01 Å². The highest BCUT2D eigenvalue weighted by Crippen LogP contribution is 2.29. The van der Waals surface area contributed by atoms with Crippen LogP contribution in [0.25, 0.3) is 0 Å². The highest BCUT2D eigenvalue weighted by molar-refractivity contribution is 6.00. The fourth-order valence-electron chi connectivity index (χ4n) is 2.49. The lowest BCUT2D eigenvalue weighted by atomic mass is 10.1. The van der Waals surface area contributed by atoms with Crippen molar-refractivity contribution in [2.24, 2.45) is 0 Å². The minimum absolute atomic E-state index is 0.0456. The number of amides is 1. The molecule has 0 atom stereocenters. The van der Waals surface area contributed by atoms with Gasteiger partial charge < -0.3 is 9.47 Å². The van der Waals surface area contributed by atoms with Gasteiger partial charge in [-0.15, -0.1) is 0 Å². The van der Waals surface area contributed by atoms with Gasteiger partial charge in [0.25, 0.3) is 0 Å². The monoisotopic (exact) mass is 324 g/mol. The Morgan fingerprint density at radius 3 is 3.04 bits per heavy atom. The van der Waals surface area contributed by atoms with Crippen LogP contribution < -0.4 is 9.64 Å². The first-order chi connectivity index (χ1) is 11.7. The van der Waals surface area contributed by atoms with Crippen LogP contribution in [0, 0.1) is 11.3 Å². The van der Waals surface area contributed by atoms with Gasteiger partial charge in [-0.2, -0.15) is 10.2 Å². The molecule has 1 amide bonds. The minimum Gasteiger partial charge on any atom is -0.461 e. The predicted molar refractivity (Wildman–Crippen MR) is 85.5 cm³/mol. The Hall–Kier alpha value is -2.98. The normalized spacial score (nSPS) is 12.8. The maximum atomic E-state index is 12.3. The largest absolute Gasteiger partial charge is 0.461 e. The number of anilines is 1. The van der Waals surface area contributed by atoms with Crippen LogP contribution in [0.3, 0.4) is 0 Å². The summed E-state index contributed by atoms with van der Waals surface area (Å²) in [6.07, 6.45) is 1.89. The van der Waals surface area contributed by atoms with Crippen LogP contribution >= 0.6 is 0 Å². The SMILES string of the molecule is COCCOc1ncc2c(n1)N(Cc1cccc(C#N)c1)C(=O)C2. The molecule has 0 fully saturated rings. The minimum atomic E-state index is -0.0456. The van der Waals surface area contributed by atoms with E-state index in [0.29, 0.717) is 31.1 Å². The molecule has 0 saturated carbocycles. The molecule has 24 heavy (non-hydrogen) atoms. The maximum Gasteiger partial charge on any atom is 0.318 e. The molecule has 0 bridgehead atoms. The molecule has 3 rings (SSSR count). The lowest BCUT2D eigenvalue weighted by Gasteiger charge is -2.17. The molecule has 0 unspecified atom stereocenters. The number of carbonyl (C=O) groups excluding carboxylic acids is 1. The van der Waals surface area contributed by atoms with Gasteiger partial charge in [-0.05, 0) is 17.7 Å². The second kappa shape index (κ2) is 7.06. The molecular weight excluding hydrogens is 308 g/mol. The summed E-state index contributed by atoms with van der Waals surface area (Å²) in [6, 6.07) is 9.49. The Morgan fingerprint density at radius 1 is 1.38 bits per heavy atom. The Morgan fingerprint density at radius 2 is 2.25 bits per heavy atom. The van der Waals surface area contributed by atoms with Crippen molar-refractivity contribution in [3.8, 4) is 12.1 Å². The molecule has 0 radical (unpaired) electrons. The third-order valence-electron chi connectivity index (χ3n) is 3.63. The third kappa shape index (κ3) is 3.34. The van der Waals surface area contributed by atoms with E-state index < -0.39 is 0 Å². The van der Waals surface area contributed by atoms with Crippen LogP contribution in [-0.2, 0) is 22.5 Å². The summed E-state index contributed by atoms with van der Waals surface area (Å²) in [5.74, 6) is 0.514. The van der Waals surface area contributed by atoms with Gasteiger partial charge in [0.15, 0.2) is 0 Å². The van der Waals surface area contributed by atoms with Crippen molar-refractivity contribution in [1.29, 1.82) is 5.26 Å². The fraction of sp³-hybridized carbons (Fsp3) is 0.294. The number of nitriles is 1. The third-order valence-corrected chi connectivity index (χ3v) is 3.63. The number of rotatable bonds is 6. The molecule has 1 aliphatic heterocycles. The van der Waals surface area contributed by atoms with Gasteiger partial charge in [0.05, 0.1) is 31.2 Å². The predicted octanol–water partition coefficient (Wildman–Crippen LogP) is 1.46. The smallest absolute Gasteiger partial charge is 0.318 e. The van der Waals surface area contributed by atoms with Crippen molar-refractivity contribution in [3.05, 3.63) is 47.2 Å². The zero-order chi connectivity index (χ0) is 16.9. The quantitative estimate of drug-likeness (QED) is 0.748. The highest BCUT2D eigenvalue weighted by atomic mass is 16.5. The molecule has 0 spiro atoms. The Bertz CT molecular complexity index is 801. The van der Waals surface area contributed by atoms with E-state index >= 15 is 0 Å². The molecule has 122 valence electrons. The molecule has 7 nitrogen and oxygen atoms in total. The zero-order valence-corrected chi connectivity index (χ0v) is 13.2. The van der Waals surface area contributed by atoms with Crippen molar-refractivity contribution in [3.63, 3.8) is 0 Å². The number of fused-ring (bicyclic) bond motifs is 1. The van der Waals surface area contributed by atoms with E-state index in [1.165, 1.54) is 0 Å². The Balaban J connectivity index is 1.81. The van der Waals surface area contributed by atoms with Crippen LogP contribution in [0.15, 0.2) is 30.5 Å². The lowest BCUT2D eigenvalue weighted by molar-refractivity contribution is -0.117. The van der Waals surface area contributed by atoms with E-state index in [4.69, 9.17) is 14.7 Å². The van der Waals surface area contributed by atoms with Crippen LogP contribution in [0.2, 0.25) is 0 Å². The van der Waals surface area contributed by atoms with Crippen LogP contribution in [0.4, 0.5) is 5.82 Å². The lowest BCUT2D eigenvalue weighted by Crippen LogP contribution is -2.26. The van der Waals surface area contributed by atoms with E-state index in [1.807, 2.05) is 6.07 Å². The van der Waals surface area contributed by atoms with Crippen LogP contribution in [-0.4, -0.2) is 36.2 Å². The van der Waals surface area contributed by atoms with Gasteiger partial charge in [0.1, 0.15) is 12.4 Å². The number of benzene rings is 1. The van der Waals surface area contributed by atoms with Crippen molar-refractivity contribution in [1.82, 2.24) is 9.97 Å². The van der Waals surface area contributed by atoms with Gasteiger partial charge in [-0.3, -0.25) is 9.69 Å². The molecule has 0 aliphatic carbocycles. The second-order valence-corrected chi connectivity index (χ2v) is 5.31. The number of methoxy groups -OCH3 is 1. The molecule has 1 aliphatic rings. The van der Waals surface area contributed by atoms with Crippen molar-refractivity contribution in [2.45, 2.75) is 13.0 Å². The molecular formula is C17H16N4O3. The van der Waals surface area contributed by atoms with Gasteiger partial charge in [-0.25, -0.2) is 4.98 Å². The summed E-state index contributed by atoms with van der Waals surface area (Å²) in [5.41, 5.74) is 2.21.